The van der Waals surface area contributed by atoms with Gasteiger partial charge in [-0.25, -0.2) is 8.42 Å². The monoisotopic (exact) mass is 504 g/mol. The molecule has 1 heterocycles. The van der Waals surface area contributed by atoms with E-state index in [1.54, 1.807) is 30.3 Å². The Morgan fingerprint density at radius 3 is 2.55 bits per heavy atom. The van der Waals surface area contributed by atoms with E-state index in [4.69, 9.17) is 27.9 Å². The summed E-state index contributed by atoms with van der Waals surface area (Å²) in [4.78, 5) is 12.4. The highest BCUT2D eigenvalue weighted by molar-refractivity contribution is 7.92. The van der Waals surface area contributed by atoms with E-state index in [0.29, 0.717) is 47.5 Å². The number of fused-ring (bicyclic) bond motifs is 1. The molecule has 0 spiro atoms. The highest BCUT2D eigenvalue weighted by Gasteiger charge is 2.30. The molecule has 0 fully saturated rings. The second-order valence-electron chi connectivity index (χ2n) is 7.56. The van der Waals surface area contributed by atoms with Crippen molar-refractivity contribution in [1.29, 1.82) is 0 Å². The number of halogens is 2. The molecular formula is C24H22Cl2N2O4S. The lowest BCUT2D eigenvalue weighted by Crippen LogP contribution is -2.29. The fourth-order valence-electron chi connectivity index (χ4n) is 3.63. The largest absolute Gasteiger partial charge is 0.492 e. The Kier molecular flexibility index (Phi) is 7.12. The third-order valence-electron chi connectivity index (χ3n) is 5.27. The minimum Gasteiger partial charge on any atom is -0.492 e. The molecule has 4 rings (SSSR count). The van der Waals surface area contributed by atoms with Crippen molar-refractivity contribution in [1.82, 2.24) is 0 Å². The normalized spacial score (nSPS) is 13.0. The molecule has 0 atom stereocenters. The van der Waals surface area contributed by atoms with Gasteiger partial charge < -0.3 is 10.1 Å². The van der Waals surface area contributed by atoms with E-state index in [1.807, 2.05) is 24.3 Å². The van der Waals surface area contributed by atoms with E-state index in [1.165, 1.54) is 16.4 Å². The summed E-state index contributed by atoms with van der Waals surface area (Å²) in [6, 6.07) is 18.7. The predicted octanol–water partition coefficient (Wildman–Crippen LogP) is 5.54. The van der Waals surface area contributed by atoms with Crippen LogP contribution in [-0.4, -0.2) is 27.5 Å². The number of nitrogens with one attached hydrogen (secondary N) is 1. The number of benzene rings is 3. The van der Waals surface area contributed by atoms with Gasteiger partial charge >= 0.3 is 0 Å². The molecule has 172 valence electrons. The Balaban J connectivity index is 1.30. The maximum atomic E-state index is 13.1. The van der Waals surface area contributed by atoms with Gasteiger partial charge in [-0.2, -0.15) is 0 Å². The second-order valence-corrected chi connectivity index (χ2v) is 10.3. The zero-order valence-corrected chi connectivity index (χ0v) is 20.0. The molecular weight excluding hydrogens is 483 g/mol. The standard InChI is InChI=1S/C24H22Cl2N2O4S/c25-18-7-12-23(21(26)16-18)32-15-3-6-24(29)27-19-8-10-20(11-9-19)33(30,31)28-14-13-17-4-1-2-5-22(17)28/h1-2,4-5,7-12,16H,3,6,13-15H2,(H,27,29). The zero-order valence-electron chi connectivity index (χ0n) is 17.6. The SMILES string of the molecule is O=C(CCCOc1ccc(Cl)cc1Cl)Nc1ccc(S(=O)(=O)N2CCc3ccccc32)cc1. The molecule has 0 unspecified atom stereocenters. The topological polar surface area (TPSA) is 75.7 Å². The van der Waals surface area contributed by atoms with Crippen LogP contribution in [0.25, 0.3) is 0 Å². The maximum Gasteiger partial charge on any atom is 0.264 e. The molecule has 1 aliphatic rings. The number of carbonyl (C=O) groups is 1. The van der Waals surface area contributed by atoms with Crippen molar-refractivity contribution in [2.45, 2.75) is 24.2 Å². The van der Waals surface area contributed by atoms with Crippen LogP contribution in [0.5, 0.6) is 5.75 Å². The van der Waals surface area contributed by atoms with Crippen LogP contribution in [0.3, 0.4) is 0 Å². The lowest BCUT2D eigenvalue weighted by molar-refractivity contribution is -0.116. The van der Waals surface area contributed by atoms with E-state index in [0.717, 1.165) is 11.3 Å². The van der Waals surface area contributed by atoms with Gasteiger partial charge in [0.2, 0.25) is 5.91 Å². The fourth-order valence-corrected chi connectivity index (χ4v) is 5.59. The van der Waals surface area contributed by atoms with E-state index in [9.17, 15) is 13.2 Å². The molecule has 0 aliphatic carbocycles. The summed E-state index contributed by atoms with van der Waals surface area (Å²) in [7, 11) is -3.66. The van der Waals surface area contributed by atoms with Crippen LogP contribution in [-0.2, 0) is 21.2 Å². The molecule has 1 amide bonds. The molecule has 0 bridgehead atoms. The first-order chi connectivity index (χ1) is 15.8. The molecule has 1 aliphatic heterocycles. The number of nitrogens with zero attached hydrogens (tertiary/aromatic N) is 1. The van der Waals surface area contributed by atoms with Crippen molar-refractivity contribution in [3.63, 3.8) is 0 Å². The average Bonchev–Trinajstić information content (AvgIpc) is 3.23. The number of anilines is 2. The summed E-state index contributed by atoms with van der Waals surface area (Å²) in [5.74, 6) is 0.323. The average molecular weight is 505 g/mol. The van der Waals surface area contributed by atoms with Crippen molar-refractivity contribution in [2.24, 2.45) is 0 Å². The van der Waals surface area contributed by atoms with Gasteiger partial charge in [0, 0.05) is 23.7 Å². The van der Waals surface area contributed by atoms with Crippen LogP contribution in [0.1, 0.15) is 18.4 Å². The van der Waals surface area contributed by atoms with Crippen molar-refractivity contribution in [3.05, 3.63) is 82.3 Å². The van der Waals surface area contributed by atoms with Crippen molar-refractivity contribution in [3.8, 4) is 5.75 Å². The third-order valence-corrected chi connectivity index (χ3v) is 7.63. The van der Waals surface area contributed by atoms with Gasteiger partial charge in [0.1, 0.15) is 5.75 Å². The van der Waals surface area contributed by atoms with Gasteiger partial charge in [0.05, 0.1) is 22.2 Å². The molecule has 6 nitrogen and oxygen atoms in total. The molecule has 0 saturated carbocycles. The summed E-state index contributed by atoms with van der Waals surface area (Å²) in [6.07, 6.45) is 1.43. The summed E-state index contributed by atoms with van der Waals surface area (Å²) >= 11 is 11.9. The van der Waals surface area contributed by atoms with Crippen LogP contribution in [0, 0.1) is 0 Å². The lowest BCUT2D eigenvalue weighted by atomic mass is 10.2. The first kappa shape index (κ1) is 23.4. The molecule has 0 aromatic heterocycles. The van der Waals surface area contributed by atoms with Crippen LogP contribution in [0.4, 0.5) is 11.4 Å². The van der Waals surface area contributed by atoms with Crippen molar-refractivity contribution >= 4 is 50.5 Å². The van der Waals surface area contributed by atoms with Gasteiger partial charge in [-0.05, 0) is 66.9 Å². The van der Waals surface area contributed by atoms with E-state index < -0.39 is 10.0 Å². The number of carbonyl (C=O) groups excluding carboxylic acids is 1. The number of hydrogen-bond acceptors (Lipinski definition) is 4. The van der Waals surface area contributed by atoms with Gasteiger partial charge in [-0.1, -0.05) is 41.4 Å². The van der Waals surface area contributed by atoms with Crippen LogP contribution in [0.15, 0.2) is 71.6 Å². The lowest BCUT2D eigenvalue weighted by Gasteiger charge is -2.19. The molecule has 3 aromatic rings. The number of para-hydroxylation sites is 1. The van der Waals surface area contributed by atoms with E-state index in [-0.39, 0.29) is 17.2 Å². The Morgan fingerprint density at radius 1 is 1.03 bits per heavy atom. The Labute approximate surface area is 203 Å². The quantitative estimate of drug-likeness (QED) is 0.408. The molecule has 1 N–H and O–H groups in total. The Bertz CT molecular complexity index is 1260. The highest BCUT2D eigenvalue weighted by Crippen LogP contribution is 2.33. The number of ether oxygens (including phenoxy) is 1. The fraction of sp³-hybridized carbons (Fsp3) is 0.208. The predicted molar refractivity (Wildman–Crippen MR) is 131 cm³/mol. The van der Waals surface area contributed by atoms with Crippen LogP contribution >= 0.6 is 23.2 Å². The summed E-state index contributed by atoms with van der Waals surface area (Å²) in [5, 5.41) is 3.72. The first-order valence-electron chi connectivity index (χ1n) is 10.4. The summed E-state index contributed by atoms with van der Waals surface area (Å²) < 4.78 is 33.2. The maximum absolute atomic E-state index is 13.1. The molecule has 33 heavy (non-hydrogen) atoms. The number of amides is 1. The van der Waals surface area contributed by atoms with Crippen LogP contribution in [0.2, 0.25) is 10.0 Å². The summed E-state index contributed by atoms with van der Waals surface area (Å²) in [6.45, 7) is 0.743. The minimum atomic E-state index is -3.66. The molecule has 3 aromatic carbocycles. The molecule has 0 radical (unpaired) electrons. The van der Waals surface area contributed by atoms with Crippen molar-refractivity contribution in [2.75, 3.05) is 22.8 Å². The third kappa shape index (κ3) is 5.43. The van der Waals surface area contributed by atoms with E-state index >= 15 is 0 Å². The van der Waals surface area contributed by atoms with Gasteiger partial charge in [0.25, 0.3) is 10.0 Å². The van der Waals surface area contributed by atoms with Gasteiger partial charge in [-0.3, -0.25) is 9.10 Å². The summed E-state index contributed by atoms with van der Waals surface area (Å²) in [5.41, 5.74) is 2.27. The van der Waals surface area contributed by atoms with Gasteiger partial charge in [-0.15, -0.1) is 0 Å². The molecule has 0 saturated heterocycles. The van der Waals surface area contributed by atoms with Crippen LogP contribution < -0.4 is 14.4 Å². The number of hydrogen-bond donors (Lipinski definition) is 1. The minimum absolute atomic E-state index is 0.186. The Hall–Kier alpha value is -2.74. The zero-order chi connectivity index (χ0) is 23.4. The number of sulfonamides is 1. The smallest absolute Gasteiger partial charge is 0.264 e. The van der Waals surface area contributed by atoms with Gasteiger partial charge in [0.15, 0.2) is 0 Å². The number of rotatable bonds is 8. The highest BCUT2D eigenvalue weighted by atomic mass is 35.5. The molecule has 9 heteroatoms. The van der Waals surface area contributed by atoms with E-state index in [2.05, 4.69) is 5.32 Å². The van der Waals surface area contributed by atoms with Crippen molar-refractivity contribution < 1.29 is 17.9 Å². The first-order valence-corrected chi connectivity index (χ1v) is 12.6. The Morgan fingerprint density at radius 2 is 1.79 bits per heavy atom. The second kappa shape index (κ2) is 10.0.